The minimum atomic E-state index is -0.646. The highest BCUT2D eigenvalue weighted by Gasteiger charge is 2.15. The third kappa shape index (κ3) is 5.21. The van der Waals surface area contributed by atoms with Crippen LogP contribution in [-0.4, -0.2) is 39.4 Å². The fraction of sp³-hybridized carbons (Fsp3) is 0.136. The molecule has 0 unspecified atom stereocenters. The molecule has 0 aliphatic carbocycles. The van der Waals surface area contributed by atoms with E-state index >= 15 is 0 Å². The summed E-state index contributed by atoms with van der Waals surface area (Å²) < 4.78 is 25.9. The van der Waals surface area contributed by atoms with E-state index in [0.29, 0.717) is 28.4 Å². The lowest BCUT2D eigenvalue weighted by Gasteiger charge is -2.09. The van der Waals surface area contributed by atoms with E-state index in [9.17, 15) is 9.59 Å². The smallest absolute Gasteiger partial charge is 0.379 e. The van der Waals surface area contributed by atoms with Crippen molar-refractivity contribution in [3.63, 3.8) is 0 Å². The molecule has 0 saturated carbocycles. The van der Waals surface area contributed by atoms with Gasteiger partial charge >= 0.3 is 5.97 Å². The van der Waals surface area contributed by atoms with Gasteiger partial charge in [-0.3, -0.25) is 4.79 Å². The van der Waals surface area contributed by atoms with E-state index < -0.39 is 11.9 Å². The molecule has 1 amide bonds. The zero-order chi connectivity index (χ0) is 22.2. The van der Waals surface area contributed by atoms with Crippen LogP contribution in [0.25, 0.3) is 0 Å². The number of nitrogens with one attached hydrogen (secondary N) is 1. The number of ether oxygens (including phenoxy) is 4. The van der Waals surface area contributed by atoms with Crippen LogP contribution in [0.1, 0.15) is 26.5 Å². The van der Waals surface area contributed by atoms with Gasteiger partial charge in [-0.1, -0.05) is 0 Å². The van der Waals surface area contributed by atoms with Gasteiger partial charge in [-0.2, -0.15) is 5.10 Å². The number of hydrazone groups is 1. The van der Waals surface area contributed by atoms with Crippen molar-refractivity contribution in [2.24, 2.45) is 5.10 Å². The van der Waals surface area contributed by atoms with Crippen LogP contribution in [0.15, 0.2) is 64.3 Å². The standard InChI is InChI=1S/C22H20N2O7/c1-27-16-9-7-15(12-20(16)29-3)21(25)24-23-13-14-6-8-17(19(11-14)28-2)31-22(26)18-5-4-10-30-18/h4-13H,1-3H3,(H,24,25). The maximum Gasteiger partial charge on any atom is 0.379 e. The Morgan fingerprint density at radius 1 is 0.903 bits per heavy atom. The topological polar surface area (TPSA) is 109 Å². The van der Waals surface area contributed by atoms with Gasteiger partial charge in [0.25, 0.3) is 5.91 Å². The summed E-state index contributed by atoms with van der Waals surface area (Å²) in [5.41, 5.74) is 3.40. The van der Waals surface area contributed by atoms with Gasteiger partial charge in [0.1, 0.15) is 0 Å². The summed E-state index contributed by atoms with van der Waals surface area (Å²) in [4.78, 5) is 24.3. The molecule has 0 bridgehead atoms. The van der Waals surface area contributed by atoms with Gasteiger partial charge in [0.2, 0.25) is 5.76 Å². The largest absolute Gasteiger partial charge is 0.493 e. The molecular weight excluding hydrogens is 404 g/mol. The highest BCUT2D eigenvalue weighted by molar-refractivity contribution is 5.95. The van der Waals surface area contributed by atoms with Crippen LogP contribution in [0.2, 0.25) is 0 Å². The first kappa shape index (κ1) is 21.4. The molecule has 1 N–H and O–H groups in total. The Labute approximate surface area is 178 Å². The van der Waals surface area contributed by atoms with E-state index in [-0.39, 0.29) is 11.5 Å². The molecule has 31 heavy (non-hydrogen) atoms. The zero-order valence-corrected chi connectivity index (χ0v) is 17.1. The monoisotopic (exact) mass is 424 g/mol. The molecule has 9 nitrogen and oxygen atoms in total. The quantitative estimate of drug-likeness (QED) is 0.256. The molecule has 1 heterocycles. The summed E-state index contributed by atoms with van der Waals surface area (Å²) in [5.74, 6) is 0.488. The molecular formula is C22H20N2O7. The lowest BCUT2D eigenvalue weighted by Crippen LogP contribution is -2.17. The van der Waals surface area contributed by atoms with E-state index in [4.69, 9.17) is 23.4 Å². The molecule has 2 aromatic carbocycles. The summed E-state index contributed by atoms with van der Waals surface area (Å²) in [7, 11) is 4.44. The minimum absolute atomic E-state index is 0.0746. The Balaban J connectivity index is 1.67. The molecule has 1 aromatic heterocycles. The van der Waals surface area contributed by atoms with Crippen LogP contribution in [-0.2, 0) is 0 Å². The predicted octanol–water partition coefficient (Wildman–Crippen LogP) is 3.29. The molecule has 160 valence electrons. The fourth-order valence-electron chi connectivity index (χ4n) is 2.60. The molecule has 0 spiro atoms. The van der Waals surface area contributed by atoms with Crippen LogP contribution < -0.4 is 24.4 Å². The number of esters is 1. The highest BCUT2D eigenvalue weighted by atomic mass is 16.6. The summed E-state index contributed by atoms with van der Waals surface area (Å²) in [5, 5.41) is 3.95. The van der Waals surface area contributed by atoms with Gasteiger partial charge in [-0.05, 0) is 54.1 Å². The highest BCUT2D eigenvalue weighted by Crippen LogP contribution is 2.29. The number of nitrogens with zero attached hydrogens (tertiary/aromatic N) is 1. The summed E-state index contributed by atoms with van der Waals surface area (Å²) in [6.07, 6.45) is 2.81. The molecule has 0 radical (unpaired) electrons. The van der Waals surface area contributed by atoms with Gasteiger partial charge in [0.15, 0.2) is 23.0 Å². The van der Waals surface area contributed by atoms with E-state index in [1.807, 2.05) is 0 Å². The summed E-state index contributed by atoms with van der Waals surface area (Å²) in [6.45, 7) is 0. The van der Waals surface area contributed by atoms with Crippen molar-refractivity contribution in [2.75, 3.05) is 21.3 Å². The second kappa shape index (κ2) is 9.97. The van der Waals surface area contributed by atoms with Crippen molar-refractivity contribution in [2.45, 2.75) is 0 Å². The SMILES string of the molecule is COc1ccc(C(=O)NN=Cc2ccc(OC(=O)c3ccco3)c(OC)c2)cc1OC. The van der Waals surface area contributed by atoms with Gasteiger partial charge in [0, 0.05) is 5.56 Å². The lowest BCUT2D eigenvalue weighted by molar-refractivity contribution is 0.0696. The number of rotatable bonds is 8. The van der Waals surface area contributed by atoms with E-state index in [2.05, 4.69) is 10.5 Å². The van der Waals surface area contributed by atoms with Gasteiger partial charge in [0.05, 0.1) is 33.8 Å². The second-order valence-electron chi connectivity index (χ2n) is 6.05. The average Bonchev–Trinajstić information content (AvgIpc) is 3.34. The van der Waals surface area contributed by atoms with Crippen LogP contribution in [0.4, 0.5) is 0 Å². The average molecular weight is 424 g/mol. The maximum atomic E-state index is 12.3. The first-order valence-electron chi connectivity index (χ1n) is 9.05. The van der Waals surface area contributed by atoms with Crippen molar-refractivity contribution >= 4 is 18.1 Å². The van der Waals surface area contributed by atoms with Crippen LogP contribution in [0.5, 0.6) is 23.0 Å². The Bertz CT molecular complexity index is 1090. The fourth-order valence-corrected chi connectivity index (χ4v) is 2.60. The lowest BCUT2D eigenvalue weighted by atomic mass is 10.2. The van der Waals surface area contributed by atoms with Crippen LogP contribution >= 0.6 is 0 Å². The third-order valence-corrected chi connectivity index (χ3v) is 4.14. The predicted molar refractivity (Wildman–Crippen MR) is 111 cm³/mol. The van der Waals surface area contributed by atoms with Crippen molar-refractivity contribution in [3.8, 4) is 23.0 Å². The number of hydrogen-bond donors (Lipinski definition) is 1. The number of methoxy groups -OCH3 is 3. The van der Waals surface area contributed by atoms with Crippen molar-refractivity contribution in [1.29, 1.82) is 0 Å². The van der Waals surface area contributed by atoms with Gasteiger partial charge in [-0.25, -0.2) is 10.2 Å². The molecule has 0 saturated heterocycles. The van der Waals surface area contributed by atoms with E-state index in [1.165, 1.54) is 39.9 Å². The Hall–Kier alpha value is -4.27. The number of furan rings is 1. The minimum Gasteiger partial charge on any atom is -0.493 e. The number of benzene rings is 2. The van der Waals surface area contributed by atoms with Crippen molar-refractivity contribution < 1.29 is 33.0 Å². The number of amides is 1. The van der Waals surface area contributed by atoms with Crippen LogP contribution in [0.3, 0.4) is 0 Å². The van der Waals surface area contributed by atoms with E-state index in [0.717, 1.165) is 0 Å². The summed E-state index contributed by atoms with van der Waals surface area (Å²) in [6, 6.07) is 12.7. The number of hydrogen-bond acceptors (Lipinski definition) is 8. The molecule has 0 fully saturated rings. The molecule has 3 aromatic rings. The van der Waals surface area contributed by atoms with Crippen LogP contribution in [0, 0.1) is 0 Å². The maximum absolute atomic E-state index is 12.3. The Morgan fingerprint density at radius 3 is 2.29 bits per heavy atom. The Kier molecular flexibility index (Phi) is 6.89. The molecule has 3 rings (SSSR count). The molecule has 0 aliphatic heterocycles. The molecule has 9 heteroatoms. The normalized spacial score (nSPS) is 10.5. The molecule has 0 aliphatic rings. The third-order valence-electron chi connectivity index (χ3n) is 4.14. The first-order chi connectivity index (χ1) is 15.0. The zero-order valence-electron chi connectivity index (χ0n) is 17.1. The van der Waals surface area contributed by atoms with Gasteiger partial charge < -0.3 is 23.4 Å². The van der Waals surface area contributed by atoms with Crippen molar-refractivity contribution in [3.05, 3.63) is 71.7 Å². The first-order valence-corrected chi connectivity index (χ1v) is 9.05. The second-order valence-corrected chi connectivity index (χ2v) is 6.05. The number of carbonyl (C=O) groups is 2. The van der Waals surface area contributed by atoms with Crippen molar-refractivity contribution in [1.82, 2.24) is 5.43 Å². The van der Waals surface area contributed by atoms with E-state index in [1.54, 1.807) is 42.5 Å². The Morgan fingerprint density at radius 2 is 1.61 bits per heavy atom. The van der Waals surface area contributed by atoms with Gasteiger partial charge in [-0.15, -0.1) is 0 Å². The number of carbonyl (C=O) groups excluding carboxylic acids is 2. The summed E-state index contributed by atoms with van der Waals surface area (Å²) >= 11 is 0. The molecule has 0 atom stereocenters.